The highest BCUT2D eigenvalue weighted by Gasteiger charge is 2.37. The van der Waals surface area contributed by atoms with E-state index < -0.39 is 5.97 Å². The Hall–Kier alpha value is -1.26. The predicted molar refractivity (Wildman–Crippen MR) is 76.5 cm³/mol. The molecule has 2 amide bonds. The van der Waals surface area contributed by atoms with Crippen molar-refractivity contribution >= 4 is 12.0 Å². The fraction of sp³-hybridized carbons (Fsp3) is 0.867. The Morgan fingerprint density at radius 3 is 2.35 bits per heavy atom. The molecule has 1 aliphatic heterocycles. The highest BCUT2D eigenvalue weighted by molar-refractivity contribution is 5.74. The molecule has 114 valence electrons. The van der Waals surface area contributed by atoms with Gasteiger partial charge in [-0.1, -0.05) is 19.8 Å². The van der Waals surface area contributed by atoms with Gasteiger partial charge in [-0.15, -0.1) is 0 Å². The van der Waals surface area contributed by atoms with E-state index in [9.17, 15) is 9.59 Å². The molecule has 2 aliphatic rings. The van der Waals surface area contributed by atoms with Crippen LogP contribution in [0.2, 0.25) is 0 Å². The molecule has 0 aromatic carbocycles. The van der Waals surface area contributed by atoms with Crippen molar-refractivity contribution in [1.29, 1.82) is 0 Å². The Balaban J connectivity index is 1.70. The van der Waals surface area contributed by atoms with E-state index in [0.29, 0.717) is 12.0 Å². The Labute approximate surface area is 120 Å². The van der Waals surface area contributed by atoms with Gasteiger partial charge < -0.3 is 15.3 Å². The van der Waals surface area contributed by atoms with E-state index in [1.54, 1.807) is 0 Å². The quantitative estimate of drug-likeness (QED) is 0.832. The first-order valence-electron chi connectivity index (χ1n) is 7.75. The Bertz CT molecular complexity index is 354. The van der Waals surface area contributed by atoms with Crippen molar-refractivity contribution in [2.45, 2.75) is 51.9 Å². The second-order valence-electron chi connectivity index (χ2n) is 6.58. The molecule has 2 fully saturated rings. The van der Waals surface area contributed by atoms with Gasteiger partial charge in [0.25, 0.3) is 0 Å². The number of hydrogen-bond donors (Lipinski definition) is 2. The molecule has 5 heteroatoms. The highest BCUT2D eigenvalue weighted by Crippen LogP contribution is 2.46. The number of hydrogen-bond acceptors (Lipinski definition) is 2. The van der Waals surface area contributed by atoms with Crippen LogP contribution in [-0.2, 0) is 4.79 Å². The molecule has 1 saturated carbocycles. The van der Waals surface area contributed by atoms with Crippen LogP contribution in [0.5, 0.6) is 0 Å². The lowest BCUT2D eigenvalue weighted by atomic mass is 9.77. The first-order chi connectivity index (χ1) is 9.51. The second-order valence-corrected chi connectivity index (χ2v) is 6.58. The number of urea groups is 1. The molecule has 0 bridgehead atoms. The number of aliphatic carboxylic acids is 1. The zero-order valence-corrected chi connectivity index (χ0v) is 12.4. The van der Waals surface area contributed by atoms with Crippen LogP contribution in [0.15, 0.2) is 0 Å². The molecule has 1 spiro atoms. The largest absolute Gasteiger partial charge is 0.481 e. The van der Waals surface area contributed by atoms with Gasteiger partial charge in [0.1, 0.15) is 0 Å². The summed E-state index contributed by atoms with van der Waals surface area (Å²) >= 11 is 0. The number of carbonyl (C=O) groups is 2. The molecule has 0 aromatic heterocycles. The summed E-state index contributed by atoms with van der Waals surface area (Å²) in [6.07, 6.45) is 7.72. The summed E-state index contributed by atoms with van der Waals surface area (Å²) in [7, 11) is 0. The maximum absolute atomic E-state index is 12.1. The number of carboxylic acid groups (broad SMARTS) is 1. The van der Waals surface area contributed by atoms with E-state index in [0.717, 1.165) is 25.9 Å². The smallest absolute Gasteiger partial charge is 0.317 e. The number of nitrogens with zero attached hydrogens (tertiary/aromatic N) is 1. The summed E-state index contributed by atoms with van der Waals surface area (Å²) in [5.74, 6) is -0.838. The Morgan fingerprint density at radius 1 is 1.20 bits per heavy atom. The third kappa shape index (κ3) is 3.87. The topological polar surface area (TPSA) is 69.6 Å². The number of amides is 2. The molecule has 0 aromatic rings. The molecule has 1 heterocycles. The van der Waals surface area contributed by atoms with Crippen LogP contribution in [0.3, 0.4) is 0 Å². The van der Waals surface area contributed by atoms with Gasteiger partial charge >= 0.3 is 12.0 Å². The van der Waals surface area contributed by atoms with E-state index >= 15 is 0 Å². The van der Waals surface area contributed by atoms with Gasteiger partial charge in [0.2, 0.25) is 0 Å². The molecule has 0 radical (unpaired) electrons. The SMILES string of the molecule is CC(CNC(=O)N1CCC2(CCCC2)CC1)CC(=O)O. The van der Waals surface area contributed by atoms with E-state index in [4.69, 9.17) is 5.11 Å². The van der Waals surface area contributed by atoms with Crippen molar-refractivity contribution in [2.24, 2.45) is 11.3 Å². The number of likely N-dealkylation sites (tertiary alicyclic amines) is 1. The molecule has 1 saturated heterocycles. The molecule has 1 unspecified atom stereocenters. The number of nitrogens with one attached hydrogen (secondary N) is 1. The van der Waals surface area contributed by atoms with Gasteiger partial charge in [0.05, 0.1) is 0 Å². The lowest BCUT2D eigenvalue weighted by Gasteiger charge is -2.39. The van der Waals surface area contributed by atoms with Gasteiger partial charge in [-0.3, -0.25) is 4.79 Å². The van der Waals surface area contributed by atoms with Crippen LogP contribution >= 0.6 is 0 Å². The van der Waals surface area contributed by atoms with E-state index in [-0.39, 0.29) is 18.4 Å². The van der Waals surface area contributed by atoms with E-state index in [1.165, 1.54) is 25.7 Å². The van der Waals surface area contributed by atoms with E-state index in [1.807, 2.05) is 11.8 Å². The van der Waals surface area contributed by atoms with Crippen LogP contribution in [0.25, 0.3) is 0 Å². The second kappa shape index (κ2) is 6.46. The van der Waals surface area contributed by atoms with Gasteiger partial charge in [-0.05, 0) is 37.0 Å². The van der Waals surface area contributed by atoms with Crippen molar-refractivity contribution in [3.05, 3.63) is 0 Å². The van der Waals surface area contributed by atoms with Crippen molar-refractivity contribution < 1.29 is 14.7 Å². The summed E-state index contributed by atoms with van der Waals surface area (Å²) in [5.41, 5.74) is 0.521. The molecular formula is C15H26N2O3. The summed E-state index contributed by atoms with van der Waals surface area (Å²) in [6.45, 7) is 3.98. The minimum atomic E-state index is -0.812. The average molecular weight is 282 g/mol. The van der Waals surface area contributed by atoms with Crippen molar-refractivity contribution in [1.82, 2.24) is 10.2 Å². The summed E-state index contributed by atoms with van der Waals surface area (Å²) in [5, 5.41) is 11.6. The molecule has 1 aliphatic carbocycles. The maximum atomic E-state index is 12.1. The summed E-state index contributed by atoms with van der Waals surface area (Å²) in [6, 6.07) is -0.0323. The standard InChI is InChI=1S/C15H26N2O3/c1-12(10-13(18)19)11-16-14(20)17-8-6-15(7-9-17)4-2-3-5-15/h12H,2-11H2,1H3,(H,16,20)(H,18,19). The molecule has 2 N–H and O–H groups in total. The van der Waals surface area contributed by atoms with Crippen LogP contribution in [0.1, 0.15) is 51.9 Å². The van der Waals surface area contributed by atoms with Crippen molar-refractivity contribution in [2.75, 3.05) is 19.6 Å². The zero-order valence-electron chi connectivity index (χ0n) is 12.4. The van der Waals surface area contributed by atoms with Crippen LogP contribution in [0, 0.1) is 11.3 Å². The number of carboxylic acids is 1. The fourth-order valence-electron chi connectivity index (χ4n) is 3.55. The molecule has 2 rings (SSSR count). The fourth-order valence-corrected chi connectivity index (χ4v) is 3.55. The van der Waals surface area contributed by atoms with Gasteiger partial charge in [-0.25, -0.2) is 4.79 Å². The minimum Gasteiger partial charge on any atom is -0.481 e. The lowest BCUT2D eigenvalue weighted by Crippen LogP contribution is -2.47. The van der Waals surface area contributed by atoms with Gasteiger partial charge in [-0.2, -0.15) is 0 Å². The first kappa shape index (κ1) is 15.1. The molecule has 1 atom stereocenters. The lowest BCUT2D eigenvalue weighted by molar-refractivity contribution is -0.137. The zero-order chi connectivity index (χ0) is 14.6. The monoisotopic (exact) mass is 282 g/mol. The first-order valence-corrected chi connectivity index (χ1v) is 7.75. The minimum absolute atomic E-state index is 0.0255. The summed E-state index contributed by atoms with van der Waals surface area (Å²) < 4.78 is 0. The predicted octanol–water partition coefficient (Wildman–Crippen LogP) is 2.46. The van der Waals surface area contributed by atoms with Crippen LogP contribution < -0.4 is 5.32 Å². The highest BCUT2D eigenvalue weighted by atomic mass is 16.4. The van der Waals surface area contributed by atoms with Crippen LogP contribution in [0.4, 0.5) is 4.79 Å². The third-order valence-corrected chi connectivity index (χ3v) is 4.90. The number of rotatable bonds is 4. The maximum Gasteiger partial charge on any atom is 0.317 e. The number of carbonyl (C=O) groups excluding carboxylic acids is 1. The van der Waals surface area contributed by atoms with Crippen LogP contribution in [-0.4, -0.2) is 41.6 Å². The molecule has 20 heavy (non-hydrogen) atoms. The Morgan fingerprint density at radius 2 is 1.80 bits per heavy atom. The summed E-state index contributed by atoms with van der Waals surface area (Å²) in [4.78, 5) is 24.5. The van der Waals surface area contributed by atoms with Crippen molar-refractivity contribution in [3.8, 4) is 0 Å². The van der Waals surface area contributed by atoms with Gasteiger partial charge in [0, 0.05) is 26.1 Å². The number of piperidine rings is 1. The molecular weight excluding hydrogens is 256 g/mol. The average Bonchev–Trinajstić information content (AvgIpc) is 2.84. The van der Waals surface area contributed by atoms with Crippen molar-refractivity contribution in [3.63, 3.8) is 0 Å². The van der Waals surface area contributed by atoms with Gasteiger partial charge in [0.15, 0.2) is 0 Å². The Kier molecular flexibility index (Phi) is 4.89. The normalized spacial score (nSPS) is 22.8. The third-order valence-electron chi connectivity index (χ3n) is 4.90. The van der Waals surface area contributed by atoms with E-state index in [2.05, 4.69) is 5.32 Å². The molecule has 5 nitrogen and oxygen atoms in total.